The van der Waals surface area contributed by atoms with Crippen LogP contribution in [0.4, 0.5) is 0 Å². The number of benzene rings is 2. The lowest BCUT2D eigenvalue weighted by molar-refractivity contribution is 0.100. The Hall–Kier alpha value is -2.29. The van der Waals surface area contributed by atoms with E-state index in [0.29, 0.717) is 12.1 Å². The SMILES string of the molecule is CN=C(NCCc1ccc(C)c(OC)c1)NCc1ccc(C(N)=O)cc1.I. The van der Waals surface area contributed by atoms with E-state index >= 15 is 0 Å². The van der Waals surface area contributed by atoms with Crippen molar-refractivity contribution in [2.24, 2.45) is 10.7 Å². The van der Waals surface area contributed by atoms with Crippen LogP contribution in [0.1, 0.15) is 27.0 Å². The van der Waals surface area contributed by atoms with Crippen LogP contribution in [0.3, 0.4) is 0 Å². The molecule has 0 atom stereocenters. The first-order chi connectivity index (χ1) is 12.5. The van der Waals surface area contributed by atoms with Gasteiger partial charge in [-0.3, -0.25) is 9.79 Å². The van der Waals surface area contributed by atoms with Crippen molar-refractivity contribution in [2.45, 2.75) is 19.9 Å². The normalized spacial score (nSPS) is 10.7. The maximum absolute atomic E-state index is 11.1. The fourth-order valence-corrected chi connectivity index (χ4v) is 2.54. The van der Waals surface area contributed by atoms with Crippen LogP contribution in [0.25, 0.3) is 0 Å². The first-order valence-electron chi connectivity index (χ1n) is 8.50. The number of halogens is 1. The molecule has 0 heterocycles. The molecule has 0 unspecified atom stereocenters. The van der Waals surface area contributed by atoms with Gasteiger partial charge in [-0.2, -0.15) is 0 Å². The molecule has 27 heavy (non-hydrogen) atoms. The third-order valence-corrected chi connectivity index (χ3v) is 4.10. The highest BCUT2D eigenvalue weighted by Crippen LogP contribution is 2.18. The van der Waals surface area contributed by atoms with Gasteiger partial charge in [-0.15, -0.1) is 24.0 Å². The molecule has 1 amide bonds. The molecule has 0 aliphatic carbocycles. The number of amides is 1. The number of hydrogen-bond donors (Lipinski definition) is 3. The van der Waals surface area contributed by atoms with Gasteiger partial charge in [0.05, 0.1) is 7.11 Å². The molecular weight excluding hydrogens is 455 g/mol. The van der Waals surface area contributed by atoms with Gasteiger partial charge in [0, 0.05) is 25.7 Å². The predicted octanol–water partition coefficient (Wildman–Crippen LogP) is 2.63. The van der Waals surface area contributed by atoms with E-state index in [1.54, 1.807) is 26.3 Å². The summed E-state index contributed by atoms with van der Waals surface area (Å²) in [5, 5.41) is 6.54. The largest absolute Gasteiger partial charge is 0.496 e. The van der Waals surface area contributed by atoms with Crippen LogP contribution in [-0.2, 0) is 13.0 Å². The summed E-state index contributed by atoms with van der Waals surface area (Å²) in [7, 11) is 3.42. The van der Waals surface area contributed by atoms with Crippen LogP contribution in [-0.4, -0.2) is 32.6 Å². The lowest BCUT2D eigenvalue weighted by Crippen LogP contribution is -2.37. The Morgan fingerprint density at radius 3 is 2.37 bits per heavy atom. The lowest BCUT2D eigenvalue weighted by Gasteiger charge is -2.13. The minimum atomic E-state index is -0.422. The number of aliphatic imine (C=N–C) groups is 1. The van der Waals surface area contributed by atoms with Gasteiger partial charge in [0.2, 0.25) is 5.91 Å². The Morgan fingerprint density at radius 1 is 1.11 bits per heavy atom. The smallest absolute Gasteiger partial charge is 0.248 e. The van der Waals surface area contributed by atoms with E-state index in [9.17, 15) is 4.79 Å². The number of aryl methyl sites for hydroxylation is 1. The number of carbonyl (C=O) groups is 1. The molecule has 0 fully saturated rings. The Balaban J connectivity index is 0.00000364. The van der Waals surface area contributed by atoms with Gasteiger partial charge in [0.25, 0.3) is 0 Å². The minimum Gasteiger partial charge on any atom is -0.496 e. The van der Waals surface area contributed by atoms with Crippen molar-refractivity contribution in [3.8, 4) is 5.75 Å². The van der Waals surface area contributed by atoms with E-state index in [1.807, 2.05) is 19.1 Å². The summed E-state index contributed by atoms with van der Waals surface area (Å²) in [5.74, 6) is 1.21. The van der Waals surface area contributed by atoms with Gasteiger partial charge in [0.1, 0.15) is 5.75 Å². The van der Waals surface area contributed by atoms with Crippen LogP contribution in [0.15, 0.2) is 47.5 Å². The number of methoxy groups -OCH3 is 1. The lowest BCUT2D eigenvalue weighted by atomic mass is 10.1. The van der Waals surface area contributed by atoms with Gasteiger partial charge < -0.3 is 21.1 Å². The predicted molar refractivity (Wildman–Crippen MR) is 120 cm³/mol. The van der Waals surface area contributed by atoms with Gasteiger partial charge in [0.15, 0.2) is 5.96 Å². The summed E-state index contributed by atoms with van der Waals surface area (Å²) in [6, 6.07) is 13.4. The molecule has 7 heteroatoms. The molecule has 6 nitrogen and oxygen atoms in total. The Morgan fingerprint density at radius 2 is 1.78 bits per heavy atom. The standard InChI is InChI=1S/C20H26N4O2.HI/c1-14-4-5-15(12-18(14)26-3)10-11-23-20(22-2)24-13-16-6-8-17(9-7-16)19(21)25;/h4-9,12H,10-11,13H2,1-3H3,(H2,21,25)(H2,22,23,24);1H. The first kappa shape index (κ1) is 22.8. The highest BCUT2D eigenvalue weighted by molar-refractivity contribution is 14.0. The second-order valence-corrected chi connectivity index (χ2v) is 5.97. The first-order valence-corrected chi connectivity index (χ1v) is 8.50. The van der Waals surface area contributed by atoms with Crippen molar-refractivity contribution in [3.63, 3.8) is 0 Å². The fourth-order valence-electron chi connectivity index (χ4n) is 2.54. The van der Waals surface area contributed by atoms with Gasteiger partial charge in [-0.1, -0.05) is 24.3 Å². The number of nitrogens with two attached hydrogens (primary N) is 1. The van der Waals surface area contributed by atoms with E-state index in [0.717, 1.165) is 35.8 Å². The summed E-state index contributed by atoms with van der Waals surface area (Å²) in [4.78, 5) is 15.3. The van der Waals surface area contributed by atoms with Crippen molar-refractivity contribution in [2.75, 3.05) is 20.7 Å². The molecule has 0 spiro atoms. The Bertz CT molecular complexity index is 776. The maximum atomic E-state index is 11.1. The van der Waals surface area contributed by atoms with Crippen molar-refractivity contribution >= 4 is 35.8 Å². The monoisotopic (exact) mass is 482 g/mol. The topological polar surface area (TPSA) is 88.7 Å². The zero-order chi connectivity index (χ0) is 18.9. The van der Waals surface area contributed by atoms with Crippen molar-refractivity contribution in [1.82, 2.24) is 10.6 Å². The van der Waals surface area contributed by atoms with Crippen LogP contribution < -0.4 is 21.1 Å². The molecule has 0 radical (unpaired) electrons. The molecule has 0 aromatic heterocycles. The fraction of sp³-hybridized carbons (Fsp3) is 0.300. The molecule has 2 aromatic carbocycles. The third kappa shape index (κ3) is 7.09. The van der Waals surface area contributed by atoms with Gasteiger partial charge in [-0.25, -0.2) is 0 Å². The molecule has 0 saturated carbocycles. The molecule has 2 rings (SSSR count). The van der Waals surface area contributed by atoms with Crippen LogP contribution in [0, 0.1) is 6.92 Å². The van der Waals surface area contributed by atoms with Crippen LogP contribution >= 0.6 is 24.0 Å². The summed E-state index contributed by atoms with van der Waals surface area (Å²) in [6.45, 7) is 3.40. The molecule has 4 N–H and O–H groups in total. The molecule has 0 saturated heterocycles. The number of hydrogen-bond acceptors (Lipinski definition) is 3. The number of nitrogens with zero attached hydrogens (tertiary/aromatic N) is 1. The van der Waals surface area contributed by atoms with Crippen LogP contribution in [0.2, 0.25) is 0 Å². The zero-order valence-corrected chi connectivity index (χ0v) is 18.2. The summed E-state index contributed by atoms with van der Waals surface area (Å²) >= 11 is 0. The third-order valence-electron chi connectivity index (χ3n) is 4.10. The molecule has 0 aliphatic heterocycles. The molecule has 0 aliphatic rings. The molecular formula is C20H27IN4O2. The number of ether oxygens (including phenoxy) is 1. The average Bonchev–Trinajstić information content (AvgIpc) is 2.66. The highest BCUT2D eigenvalue weighted by Gasteiger charge is 2.03. The van der Waals surface area contributed by atoms with Crippen molar-refractivity contribution < 1.29 is 9.53 Å². The Kier molecular flexibility index (Phi) is 9.63. The van der Waals surface area contributed by atoms with E-state index in [-0.39, 0.29) is 24.0 Å². The number of nitrogens with one attached hydrogen (secondary N) is 2. The van der Waals surface area contributed by atoms with E-state index < -0.39 is 5.91 Å². The summed E-state index contributed by atoms with van der Waals surface area (Å²) in [5.41, 5.74) is 9.13. The Labute approximate surface area is 177 Å². The van der Waals surface area contributed by atoms with Crippen molar-refractivity contribution in [1.29, 1.82) is 0 Å². The van der Waals surface area contributed by atoms with Crippen LogP contribution in [0.5, 0.6) is 5.75 Å². The number of guanidine groups is 1. The number of rotatable bonds is 7. The van der Waals surface area contributed by atoms with Gasteiger partial charge in [-0.05, 0) is 48.2 Å². The maximum Gasteiger partial charge on any atom is 0.248 e. The molecule has 146 valence electrons. The summed E-state index contributed by atoms with van der Waals surface area (Å²) < 4.78 is 5.36. The second kappa shape index (κ2) is 11.4. The number of primary amides is 1. The van der Waals surface area contributed by atoms with Gasteiger partial charge >= 0.3 is 0 Å². The molecule has 0 bridgehead atoms. The minimum absolute atomic E-state index is 0. The summed E-state index contributed by atoms with van der Waals surface area (Å²) in [6.07, 6.45) is 0.866. The molecule has 2 aromatic rings. The highest BCUT2D eigenvalue weighted by atomic mass is 127. The van der Waals surface area contributed by atoms with E-state index in [2.05, 4.69) is 33.8 Å². The quantitative estimate of drug-likeness (QED) is 0.322. The second-order valence-electron chi connectivity index (χ2n) is 5.97. The number of carbonyl (C=O) groups excluding carboxylic acids is 1. The van der Waals surface area contributed by atoms with Crippen molar-refractivity contribution in [3.05, 3.63) is 64.7 Å². The van der Waals surface area contributed by atoms with E-state index in [4.69, 9.17) is 10.5 Å². The zero-order valence-electron chi connectivity index (χ0n) is 15.9. The average molecular weight is 482 g/mol. The van der Waals surface area contributed by atoms with E-state index in [1.165, 1.54) is 5.56 Å².